The molecule has 0 unspecified atom stereocenters. The molecule has 0 bridgehead atoms. The van der Waals surface area contributed by atoms with Crippen molar-refractivity contribution in [3.8, 4) is 11.1 Å². The maximum Gasteiger partial charge on any atom is 0.416 e. The third-order valence-corrected chi connectivity index (χ3v) is 4.22. The van der Waals surface area contributed by atoms with Crippen molar-refractivity contribution in [2.45, 2.75) is 19.3 Å². The van der Waals surface area contributed by atoms with Crippen LogP contribution in [0.4, 0.5) is 22.0 Å². The molecule has 2 aromatic carbocycles. The van der Waals surface area contributed by atoms with Crippen LogP contribution in [0.25, 0.3) is 22.2 Å². The van der Waals surface area contributed by atoms with E-state index in [4.69, 9.17) is 5.73 Å². The van der Waals surface area contributed by atoms with Crippen LogP contribution in [0.5, 0.6) is 0 Å². The van der Waals surface area contributed by atoms with E-state index in [2.05, 4.69) is 4.98 Å². The summed E-state index contributed by atoms with van der Waals surface area (Å²) in [7, 11) is 0. The van der Waals surface area contributed by atoms with Gasteiger partial charge in [0.1, 0.15) is 11.6 Å². The maximum absolute atomic E-state index is 14.4. The summed E-state index contributed by atoms with van der Waals surface area (Å²) in [5.41, 5.74) is 4.41. The van der Waals surface area contributed by atoms with E-state index in [-0.39, 0.29) is 47.7 Å². The average Bonchev–Trinajstić information content (AvgIpc) is 3.04. The van der Waals surface area contributed by atoms with Crippen molar-refractivity contribution in [1.82, 2.24) is 9.55 Å². The average molecular weight is 434 g/mol. The van der Waals surface area contributed by atoms with Gasteiger partial charge in [-0.05, 0) is 35.9 Å². The lowest BCUT2D eigenvalue weighted by atomic mass is 9.98. The molecule has 1 aromatic heterocycles. The van der Waals surface area contributed by atoms with E-state index in [1.54, 1.807) is 0 Å². The van der Waals surface area contributed by atoms with E-state index in [9.17, 15) is 27.1 Å². The lowest BCUT2D eigenvalue weighted by molar-refractivity contribution is -0.137. The molecule has 0 saturated heterocycles. The Morgan fingerprint density at radius 2 is 1.90 bits per heavy atom. The monoisotopic (exact) mass is 433 g/mol. The van der Waals surface area contributed by atoms with Crippen molar-refractivity contribution < 1.29 is 27.1 Å². The van der Waals surface area contributed by atoms with Gasteiger partial charge in [-0.25, -0.2) is 13.8 Å². The highest BCUT2D eigenvalue weighted by Gasteiger charge is 2.32. The molecule has 0 fully saturated rings. The summed E-state index contributed by atoms with van der Waals surface area (Å²) in [5, 5.41) is 9.27. The van der Waals surface area contributed by atoms with Crippen molar-refractivity contribution >= 4 is 23.4 Å². The number of imidazole rings is 1. The van der Waals surface area contributed by atoms with Crippen LogP contribution in [-0.4, -0.2) is 21.2 Å². The Morgan fingerprint density at radius 3 is 2.52 bits per heavy atom. The Bertz CT molecular complexity index is 1050. The first-order chi connectivity index (χ1) is 13.2. The summed E-state index contributed by atoms with van der Waals surface area (Å²) < 4.78 is 69.7. The Balaban J connectivity index is 0.00000300. The van der Waals surface area contributed by atoms with E-state index in [1.807, 2.05) is 0 Å². The second-order valence-electron chi connectivity index (χ2n) is 6.12. The Hall–Kier alpha value is -2.49. The number of fused-ring (bicyclic) bond motifs is 1. The lowest BCUT2D eigenvalue weighted by Crippen LogP contribution is -2.07. The molecular weight excluding hydrogens is 417 g/mol. The van der Waals surface area contributed by atoms with E-state index in [0.29, 0.717) is 5.56 Å². The second kappa shape index (κ2) is 8.89. The molecule has 29 heavy (non-hydrogen) atoms. The SMILES string of the molecule is Cl.NCC=C(F)Cn1cnc2c(-c3cc(CO)ccc3F)cc(C(F)(F)F)cc21. The van der Waals surface area contributed by atoms with Crippen molar-refractivity contribution in [3.05, 3.63) is 65.5 Å². The zero-order valence-corrected chi connectivity index (χ0v) is 15.7. The predicted molar refractivity (Wildman–Crippen MR) is 102 cm³/mol. The van der Waals surface area contributed by atoms with Crippen molar-refractivity contribution in [1.29, 1.82) is 0 Å². The number of aliphatic hydroxyl groups is 1. The fraction of sp³-hybridized carbons (Fsp3) is 0.211. The number of aliphatic hydroxyl groups excluding tert-OH is 1. The van der Waals surface area contributed by atoms with Gasteiger partial charge in [0, 0.05) is 17.7 Å². The Morgan fingerprint density at radius 1 is 1.17 bits per heavy atom. The quantitative estimate of drug-likeness (QED) is 0.579. The molecule has 10 heteroatoms. The number of allylic oxidation sites excluding steroid dienone is 1. The lowest BCUT2D eigenvalue weighted by Gasteiger charge is -2.13. The highest BCUT2D eigenvalue weighted by Crippen LogP contribution is 2.38. The molecule has 3 N–H and O–H groups in total. The number of benzene rings is 2. The molecule has 0 atom stereocenters. The number of hydrogen-bond donors (Lipinski definition) is 2. The smallest absolute Gasteiger partial charge is 0.392 e. The molecular formula is C19H17ClF5N3O. The number of aromatic nitrogens is 2. The first kappa shape index (κ1) is 22.8. The van der Waals surface area contributed by atoms with Gasteiger partial charge in [-0.1, -0.05) is 6.07 Å². The first-order valence-electron chi connectivity index (χ1n) is 8.25. The third kappa shape index (κ3) is 4.75. The second-order valence-corrected chi connectivity index (χ2v) is 6.12. The van der Waals surface area contributed by atoms with E-state index in [1.165, 1.54) is 23.0 Å². The van der Waals surface area contributed by atoms with Gasteiger partial charge in [-0.3, -0.25) is 0 Å². The molecule has 0 aliphatic rings. The molecule has 0 amide bonds. The van der Waals surface area contributed by atoms with Gasteiger partial charge in [0.05, 0.1) is 36.1 Å². The van der Waals surface area contributed by atoms with Crippen LogP contribution < -0.4 is 5.73 Å². The minimum atomic E-state index is -4.70. The van der Waals surface area contributed by atoms with Crippen LogP contribution in [0.2, 0.25) is 0 Å². The van der Waals surface area contributed by atoms with Gasteiger partial charge in [0.15, 0.2) is 0 Å². The predicted octanol–water partition coefficient (Wildman–Crippen LogP) is 4.59. The fourth-order valence-electron chi connectivity index (χ4n) is 2.89. The molecule has 1 heterocycles. The molecule has 0 aliphatic carbocycles. The number of nitrogens with two attached hydrogens (primary N) is 1. The Kier molecular flexibility index (Phi) is 6.99. The molecule has 0 aliphatic heterocycles. The molecule has 0 saturated carbocycles. The first-order valence-corrected chi connectivity index (χ1v) is 8.25. The minimum absolute atomic E-state index is 0. The normalized spacial score (nSPS) is 12.3. The third-order valence-electron chi connectivity index (χ3n) is 4.22. The van der Waals surface area contributed by atoms with Crippen LogP contribution >= 0.6 is 12.4 Å². The fourth-order valence-corrected chi connectivity index (χ4v) is 2.89. The minimum Gasteiger partial charge on any atom is -0.392 e. The maximum atomic E-state index is 14.4. The summed E-state index contributed by atoms with van der Waals surface area (Å²) in [5.74, 6) is -1.39. The number of halogens is 6. The highest BCUT2D eigenvalue weighted by molar-refractivity contribution is 5.93. The molecule has 0 spiro atoms. The topological polar surface area (TPSA) is 64.1 Å². The summed E-state index contributed by atoms with van der Waals surface area (Å²) in [6, 6.07) is 5.29. The molecule has 3 rings (SSSR count). The Labute approximate surface area is 168 Å². The zero-order valence-electron chi connectivity index (χ0n) is 14.9. The standard InChI is InChI=1S/C19H16F5N3O.ClH/c20-13(3-4-25)8-27-10-26-18-15(6-12(7-17(18)27)19(22,23)24)14-5-11(9-28)1-2-16(14)21;/h1-3,5-7,10,28H,4,8-9,25H2;1H. The molecule has 156 valence electrons. The number of hydrogen-bond acceptors (Lipinski definition) is 3. The molecule has 3 aromatic rings. The van der Waals surface area contributed by atoms with Crippen molar-refractivity contribution in [2.75, 3.05) is 6.54 Å². The highest BCUT2D eigenvalue weighted by atomic mass is 35.5. The van der Waals surface area contributed by atoms with Gasteiger partial charge in [0.25, 0.3) is 0 Å². The van der Waals surface area contributed by atoms with Crippen LogP contribution in [0, 0.1) is 5.82 Å². The van der Waals surface area contributed by atoms with Gasteiger partial charge in [-0.2, -0.15) is 13.2 Å². The summed E-state index contributed by atoms with van der Waals surface area (Å²) >= 11 is 0. The van der Waals surface area contributed by atoms with E-state index < -0.39 is 30.0 Å². The van der Waals surface area contributed by atoms with E-state index in [0.717, 1.165) is 24.3 Å². The summed E-state index contributed by atoms with van der Waals surface area (Å²) in [4.78, 5) is 4.07. The zero-order chi connectivity index (χ0) is 20.5. The number of rotatable bonds is 5. The van der Waals surface area contributed by atoms with Crippen LogP contribution in [0.15, 0.2) is 48.6 Å². The molecule has 0 radical (unpaired) electrons. The van der Waals surface area contributed by atoms with Gasteiger partial charge < -0.3 is 15.4 Å². The van der Waals surface area contributed by atoms with Crippen LogP contribution in [0.3, 0.4) is 0 Å². The molecule has 4 nitrogen and oxygen atoms in total. The number of alkyl halides is 3. The summed E-state index contributed by atoms with van der Waals surface area (Å²) in [6.07, 6.45) is -2.41. The van der Waals surface area contributed by atoms with Crippen LogP contribution in [0.1, 0.15) is 11.1 Å². The van der Waals surface area contributed by atoms with Gasteiger partial charge in [-0.15, -0.1) is 12.4 Å². The van der Waals surface area contributed by atoms with Crippen LogP contribution in [-0.2, 0) is 19.3 Å². The summed E-state index contributed by atoms with van der Waals surface area (Å²) in [6.45, 7) is -0.816. The largest absolute Gasteiger partial charge is 0.416 e. The number of nitrogens with zero attached hydrogens (tertiary/aromatic N) is 2. The van der Waals surface area contributed by atoms with Gasteiger partial charge >= 0.3 is 6.18 Å². The van der Waals surface area contributed by atoms with Gasteiger partial charge in [0.2, 0.25) is 0 Å². The van der Waals surface area contributed by atoms with Crippen molar-refractivity contribution in [3.63, 3.8) is 0 Å². The van der Waals surface area contributed by atoms with Crippen molar-refractivity contribution in [2.24, 2.45) is 5.73 Å². The van der Waals surface area contributed by atoms with E-state index >= 15 is 0 Å².